The van der Waals surface area contributed by atoms with Crippen molar-refractivity contribution in [2.24, 2.45) is 5.92 Å². The molecule has 1 aliphatic heterocycles. The minimum absolute atomic E-state index is 0.00396. The van der Waals surface area contributed by atoms with Crippen LogP contribution in [0.4, 0.5) is 0 Å². The maximum absolute atomic E-state index is 9.96. The van der Waals surface area contributed by atoms with Crippen LogP contribution in [0.5, 0.6) is 0 Å². The molecule has 1 N–H and O–H groups in total. The van der Waals surface area contributed by atoms with Crippen molar-refractivity contribution < 1.29 is 19.3 Å². The second-order valence-electron chi connectivity index (χ2n) is 5.06. The molecule has 0 unspecified atom stereocenters. The van der Waals surface area contributed by atoms with Crippen molar-refractivity contribution in [2.45, 2.75) is 45.1 Å². The van der Waals surface area contributed by atoms with E-state index in [-0.39, 0.29) is 18.1 Å². The SMILES string of the molecule is CO[C@@H]1O[C@@H]([C@H](C)OCc2ccccc2)[C@H](C)[C@@H]1O. The fraction of sp³-hybridized carbons (Fsp3) is 0.600. The van der Waals surface area contributed by atoms with Gasteiger partial charge < -0.3 is 19.3 Å². The molecule has 19 heavy (non-hydrogen) atoms. The quantitative estimate of drug-likeness (QED) is 0.885. The summed E-state index contributed by atoms with van der Waals surface area (Å²) in [6.07, 6.45) is -1.39. The Hall–Kier alpha value is -0.940. The summed E-state index contributed by atoms with van der Waals surface area (Å²) >= 11 is 0. The highest BCUT2D eigenvalue weighted by Crippen LogP contribution is 2.30. The lowest BCUT2D eigenvalue weighted by Crippen LogP contribution is -2.32. The molecule has 0 aliphatic carbocycles. The summed E-state index contributed by atoms with van der Waals surface area (Å²) in [5.74, 6) is -0.00396. The lowest BCUT2D eigenvalue weighted by Gasteiger charge is -2.23. The van der Waals surface area contributed by atoms with E-state index in [0.29, 0.717) is 6.61 Å². The Morgan fingerprint density at radius 2 is 2.00 bits per heavy atom. The molecule has 0 spiro atoms. The van der Waals surface area contributed by atoms with Gasteiger partial charge in [0.05, 0.1) is 18.8 Å². The maximum atomic E-state index is 9.96. The van der Waals surface area contributed by atoms with Crippen molar-refractivity contribution >= 4 is 0 Å². The van der Waals surface area contributed by atoms with Crippen LogP contribution >= 0.6 is 0 Å². The van der Waals surface area contributed by atoms with E-state index >= 15 is 0 Å². The third kappa shape index (κ3) is 3.34. The molecule has 4 heteroatoms. The average molecular weight is 266 g/mol. The summed E-state index contributed by atoms with van der Waals surface area (Å²) in [5, 5.41) is 9.96. The largest absolute Gasteiger partial charge is 0.387 e. The lowest BCUT2D eigenvalue weighted by atomic mass is 9.97. The zero-order valence-corrected chi connectivity index (χ0v) is 11.7. The molecule has 5 atom stereocenters. The fourth-order valence-electron chi connectivity index (χ4n) is 2.43. The second kappa shape index (κ2) is 6.48. The number of ether oxygens (including phenoxy) is 3. The first-order valence-corrected chi connectivity index (χ1v) is 6.65. The Morgan fingerprint density at radius 1 is 1.32 bits per heavy atom. The molecule has 0 bridgehead atoms. The first-order chi connectivity index (χ1) is 9.13. The van der Waals surface area contributed by atoms with Crippen molar-refractivity contribution in [1.29, 1.82) is 0 Å². The normalized spacial score (nSPS) is 32.4. The van der Waals surface area contributed by atoms with Crippen LogP contribution in [0.1, 0.15) is 19.4 Å². The van der Waals surface area contributed by atoms with Gasteiger partial charge in [0.15, 0.2) is 6.29 Å². The number of hydrogen-bond donors (Lipinski definition) is 1. The van der Waals surface area contributed by atoms with Crippen LogP contribution in [0.15, 0.2) is 30.3 Å². The van der Waals surface area contributed by atoms with Crippen LogP contribution in [0.3, 0.4) is 0 Å². The van der Waals surface area contributed by atoms with Crippen LogP contribution in [0, 0.1) is 5.92 Å². The number of benzene rings is 1. The van der Waals surface area contributed by atoms with E-state index < -0.39 is 12.4 Å². The van der Waals surface area contributed by atoms with Crippen molar-refractivity contribution in [3.63, 3.8) is 0 Å². The van der Waals surface area contributed by atoms with Gasteiger partial charge in [-0.25, -0.2) is 0 Å². The monoisotopic (exact) mass is 266 g/mol. The molecule has 1 saturated heterocycles. The first-order valence-electron chi connectivity index (χ1n) is 6.65. The maximum Gasteiger partial charge on any atom is 0.183 e. The highest BCUT2D eigenvalue weighted by molar-refractivity contribution is 5.13. The number of aliphatic hydroxyl groups excluding tert-OH is 1. The van der Waals surface area contributed by atoms with Gasteiger partial charge in [0.2, 0.25) is 0 Å². The summed E-state index contributed by atoms with van der Waals surface area (Å²) in [6, 6.07) is 10.0. The summed E-state index contributed by atoms with van der Waals surface area (Å²) in [5.41, 5.74) is 1.13. The van der Waals surface area contributed by atoms with Crippen molar-refractivity contribution in [1.82, 2.24) is 0 Å². The molecule has 1 fully saturated rings. The zero-order chi connectivity index (χ0) is 13.8. The summed E-state index contributed by atoms with van der Waals surface area (Å²) in [4.78, 5) is 0. The van der Waals surface area contributed by atoms with E-state index in [1.165, 1.54) is 0 Å². The Labute approximate surface area is 114 Å². The number of rotatable bonds is 5. The summed E-state index contributed by atoms with van der Waals surface area (Å²) in [7, 11) is 1.54. The average Bonchev–Trinajstić information content (AvgIpc) is 2.73. The van der Waals surface area contributed by atoms with E-state index in [1.54, 1.807) is 7.11 Å². The van der Waals surface area contributed by atoms with Gasteiger partial charge in [0.25, 0.3) is 0 Å². The number of aliphatic hydroxyl groups is 1. The predicted molar refractivity (Wildman–Crippen MR) is 71.5 cm³/mol. The molecule has 0 amide bonds. The third-order valence-corrected chi connectivity index (χ3v) is 3.68. The van der Waals surface area contributed by atoms with E-state index in [4.69, 9.17) is 14.2 Å². The predicted octanol–water partition coefficient (Wildman–Crippen LogP) is 1.96. The molecule has 1 aromatic rings. The van der Waals surface area contributed by atoms with E-state index in [0.717, 1.165) is 5.56 Å². The molecule has 2 rings (SSSR count). The minimum atomic E-state index is -0.599. The van der Waals surface area contributed by atoms with Gasteiger partial charge in [0.1, 0.15) is 6.10 Å². The van der Waals surface area contributed by atoms with Crippen LogP contribution in [-0.4, -0.2) is 36.8 Å². The highest BCUT2D eigenvalue weighted by Gasteiger charge is 2.43. The van der Waals surface area contributed by atoms with Gasteiger partial charge >= 0.3 is 0 Å². The van der Waals surface area contributed by atoms with Crippen LogP contribution in [0.25, 0.3) is 0 Å². The Kier molecular flexibility index (Phi) is 4.93. The van der Waals surface area contributed by atoms with E-state index in [9.17, 15) is 5.11 Å². The van der Waals surface area contributed by atoms with Crippen molar-refractivity contribution in [2.75, 3.05) is 7.11 Å². The van der Waals surface area contributed by atoms with Gasteiger partial charge in [-0.15, -0.1) is 0 Å². The zero-order valence-electron chi connectivity index (χ0n) is 11.7. The van der Waals surface area contributed by atoms with E-state index in [1.807, 2.05) is 44.2 Å². The van der Waals surface area contributed by atoms with Crippen LogP contribution < -0.4 is 0 Å². The number of methoxy groups -OCH3 is 1. The Balaban J connectivity index is 1.88. The summed E-state index contributed by atoms with van der Waals surface area (Å²) in [6.45, 7) is 4.47. The second-order valence-corrected chi connectivity index (χ2v) is 5.06. The molecule has 0 aromatic heterocycles. The molecule has 1 aliphatic rings. The molecule has 106 valence electrons. The molecule has 4 nitrogen and oxygen atoms in total. The topological polar surface area (TPSA) is 47.9 Å². The molecule has 1 aromatic carbocycles. The van der Waals surface area contributed by atoms with Gasteiger partial charge in [0, 0.05) is 13.0 Å². The van der Waals surface area contributed by atoms with E-state index in [2.05, 4.69) is 0 Å². The Morgan fingerprint density at radius 3 is 2.58 bits per heavy atom. The Bertz CT molecular complexity index is 381. The molecule has 1 heterocycles. The summed E-state index contributed by atoms with van der Waals surface area (Å²) < 4.78 is 16.6. The van der Waals surface area contributed by atoms with Crippen LogP contribution in [-0.2, 0) is 20.8 Å². The van der Waals surface area contributed by atoms with Gasteiger partial charge in [-0.1, -0.05) is 37.3 Å². The van der Waals surface area contributed by atoms with Crippen molar-refractivity contribution in [3.8, 4) is 0 Å². The molecular formula is C15H22O4. The van der Waals surface area contributed by atoms with Crippen LogP contribution in [0.2, 0.25) is 0 Å². The lowest BCUT2D eigenvalue weighted by molar-refractivity contribution is -0.168. The molecule has 0 radical (unpaired) electrons. The van der Waals surface area contributed by atoms with Gasteiger partial charge in [-0.3, -0.25) is 0 Å². The standard InChI is InChI=1S/C15H22O4/c1-10-13(16)15(17-3)19-14(10)11(2)18-9-12-7-5-4-6-8-12/h4-8,10-11,13-16H,9H2,1-3H3/t10-,11+,13+,14-,15-/m1/s1. The first kappa shape index (κ1) is 14.5. The van der Waals surface area contributed by atoms with Crippen molar-refractivity contribution in [3.05, 3.63) is 35.9 Å². The molecule has 0 saturated carbocycles. The smallest absolute Gasteiger partial charge is 0.183 e. The highest BCUT2D eigenvalue weighted by atomic mass is 16.7. The fourth-order valence-corrected chi connectivity index (χ4v) is 2.43. The van der Waals surface area contributed by atoms with Gasteiger partial charge in [-0.2, -0.15) is 0 Å². The molecular weight excluding hydrogens is 244 g/mol. The van der Waals surface area contributed by atoms with Gasteiger partial charge in [-0.05, 0) is 12.5 Å². The minimum Gasteiger partial charge on any atom is -0.387 e. The number of hydrogen-bond acceptors (Lipinski definition) is 4. The third-order valence-electron chi connectivity index (χ3n) is 3.68.